The molecule has 2 atom stereocenters. The van der Waals surface area contributed by atoms with Crippen LogP contribution in [-0.4, -0.2) is 71.7 Å². The van der Waals surface area contributed by atoms with Gasteiger partial charge >= 0.3 is 5.97 Å². The Balaban J connectivity index is 1.65. The monoisotopic (exact) mass is 346 g/mol. The van der Waals surface area contributed by atoms with Crippen LogP contribution in [0.2, 0.25) is 0 Å². The topological polar surface area (TPSA) is 70.1 Å². The van der Waals surface area contributed by atoms with Crippen molar-refractivity contribution in [3.63, 3.8) is 0 Å². The predicted octanol–water partition coefficient (Wildman–Crippen LogP) is 1.31. The molecule has 136 valence electrons. The van der Waals surface area contributed by atoms with Gasteiger partial charge in [-0.2, -0.15) is 0 Å². The van der Waals surface area contributed by atoms with Gasteiger partial charge in [-0.05, 0) is 25.3 Å². The van der Waals surface area contributed by atoms with Gasteiger partial charge in [0.25, 0.3) is 0 Å². The van der Waals surface area contributed by atoms with Gasteiger partial charge in [0.15, 0.2) is 0 Å². The van der Waals surface area contributed by atoms with Crippen molar-refractivity contribution >= 4 is 11.9 Å². The summed E-state index contributed by atoms with van der Waals surface area (Å²) >= 11 is 0. The third-order valence-electron chi connectivity index (χ3n) is 5.22. The van der Waals surface area contributed by atoms with E-state index >= 15 is 0 Å². The van der Waals surface area contributed by atoms with Crippen LogP contribution in [0.4, 0.5) is 0 Å². The lowest BCUT2D eigenvalue weighted by atomic mass is 9.94. The zero-order valence-corrected chi connectivity index (χ0v) is 14.7. The number of hydrogen-bond donors (Lipinski definition) is 1. The van der Waals surface area contributed by atoms with E-state index in [1.165, 1.54) is 0 Å². The number of rotatable bonds is 4. The largest absolute Gasteiger partial charge is 0.480 e. The number of likely N-dealkylation sites (tertiary alicyclic amines) is 1. The molecule has 1 N–H and O–H groups in total. The van der Waals surface area contributed by atoms with E-state index in [1.807, 2.05) is 31.2 Å². The molecular formula is C19H26N2O4. The molecule has 3 rings (SSSR count). The number of benzene rings is 1. The summed E-state index contributed by atoms with van der Waals surface area (Å²) in [5, 5.41) is 9.64. The molecule has 0 bridgehead atoms. The van der Waals surface area contributed by atoms with E-state index in [1.54, 1.807) is 4.90 Å². The molecule has 2 fully saturated rings. The molecule has 25 heavy (non-hydrogen) atoms. The molecule has 0 unspecified atom stereocenters. The number of aliphatic carboxylic acids is 1. The van der Waals surface area contributed by atoms with Gasteiger partial charge in [-0.1, -0.05) is 29.8 Å². The standard InChI is InChI=1S/C19H26N2O4/c1-14-2-4-15(5-3-14)12-18(22)21-7-6-16(13-17(21)19(23)24)20-8-10-25-11-9-20/h2-5,16-17H,6-13H2,1H3,(H,23,24)/t16-,17-/m1/s1. The molecule has 0 saturated carbocycles. The Hall–Kier alpha value is -1.92. The van der Waals surface area contributed by atoms with Crippen LogP contribution < -0.4 is 0 Å². The van der Waals surface area contributed by atoms with Crippen molar-refractivity contribution in [3.05, 3.63) is 35.4 Å². The molecule has 2 aliphatic heterocycles. The number of ether oxygens (including phenoxy) is 1. The van der Waals surface area contributed by atoms with Gasteiger partial charge in [0.05, 0.1) is 19.6 Å². The summed E-state index contributed by atoms with van der Waals surface area (Å²) in [7, 11) is 0. The fourth-order valence-corrected chi connectivity index (χ4v) is 3.74. The number of aryl methyl sites for hydroxylation is 1. The lowest BCUT2D eigenvalue weighted by Crippen LogP contribution is -2.56. The van der Waals surface area contributed by atoms with Crippen LogP contribution in [0.5, 0.6) is 0 Å². The molecule has 0 aliphatic carbocycles. The minimum absolute atomic E-state index is 0.100. The number of hydrogen-bond acceptors (Lipinski definition) is 4. The zero-order chi connectivity index (χ0) is 17.8. The number of carbonyl (C=O) groups is 2. The molecule has 0 radical (unpaired) electrons. The second-order valence-electron chi connectivity index (χ2n) is 6.93. The Morgan fingerprint density at radius 3 is 2.48 bits per heavy atom. The van der Waals surface area contributed by atoms with E-state index in [9.17, 15) is 14.7 Å². The van der Waals surface area contributed by atoms with Crippen molar-refractivity contribution in [3.8, 4) is 0 Å². The molecule has 6 nitrogen and oxygen atoms in total. The Kier molecular flexibility index (Phi) is 5.71. The van der Waals surface area contributed by atoms with E-state index in [0.29, 0.717) is 26.2 Å². The maximum Gasteiger partial charge on any atom is 0.326 e. The summed E-state index contributed by atoms with van der Waals surface area (Å²) in [6.07, 6.45) is 1.57. The van der Waals surface area contributed by atoms with Gasteiger partial charge in [-0.25, -0.2) is 4.79 Å². The first-order valence-corrected chi connectivity index (χ1v) is 8.94. The molecule has 1 aromatic carbocycles. The Morgan fingerprint density at radius 1 is 1.16 bits per heavy atom. The van der Waals surface area contributed by atoms with Crippen LogP contribution >= 0.6 is 0 Å². The maximum absolute atomic E-state index is 12.7. The van der Waals surface area contributed by atoms with Crippen LogP contribution in [0.3, 0.4) is 0 Å². The van der Waals surface area contributed by atoms with Crippen LogP contribution in [-0.2, 0) is 20.7 Å². The number of carboxylic acids is 1. The number of carboxylic acid groups (broad SMARTS) is 1. The summed E-state index contributed by atoms with van der Waals surface area (Å²) in [4.78, 5) is 28.3. The zero-order valence-electron chi connectivity index (χ0n) is 14.7. The Morgan fingerprint density at radius 2 is 1.84 bits per heavy atom. The number of amides is 1. The van der Waals surface area contributed by atoms with Crippen molar-refractivity contribution < 1.29 is 19.4 Å². The summed E-state index contributed by atoms with van der Waals surface area (Å²) in [5.41, 5.74) is 2.07. The molecular weight excluding hydrogens is 320 g/mol. The van der Waals surface area contributed by atoms with E-state index in [-0.39, 0.29) is 18.4 Å². The van der Waals surface area contributed by atoms with Gasteiger partial charge < -0.3 is 14.7 Å². The number of carbonyl (C=O) groups excluding carboxylic acids is 1. The predicted molar refractivity (Wildman–Crippen MR) is 93.4 cm³/mol. The van der Waals surface area contributed by atoms with Crippen molar-refractivity contribution in [2.45, 2.75) is 38.3 Å². The SMILES string of the molecule is Cc1ccc(CC(=O)N2CC[C@@H](N3CCOCC3)C[C@@H]2C(=O)O)cc1. The van der Waals surface area contributed by atoms with Crippen molar-refractivity contribution in [1.82, 2.24) is 9.80 Å². The lowest BCUT2D eigenvalue weighted by molar-refractivity contribution is -0.153. The minimum Gasteiger partial charge on any atom is -0.480 e. The molecule has 2 saturated heterocycles. The summed E-state index contributed by atoms with van der Waals surface area (Å²) < 4.78 is 5.38. The van der Waals surface area contributed by atoms with Crippen LogP contribution in [0.15, 0.2) is 24.3 Å². The number of morpholine rings is 1. The van der Waals surface area contributed by atoms with Gasteiger partial charge in [0.2, 0.25) is 5.91 Å². The highest BCUT2D eigenvalue weighted by atomic mass is 16.5. The highest BCUT2D eigenvalue weighted by Gasteiger charge is 2.38. The number of nitrogens with zero attached hydrogens (tertiary/aromatic N) is 2. The molecule has 2 heterocycles. The van der Waals surface area contributed by atoms with E-state index in [2.05, 4.69) is 4.90 Å². The smallest absolute Gasteiger partial charge is 0.326 e. The van der Waals surface area contributed by atoms with Crippen LogP contribution in [0.1, 0.15) is 24.0 Å². The van der Waals surface area contributed by atoms with Gasteiger partial charge in [0.1, 0.15) is 6.04 Å². The fraction of sp³-hybridized carbons (Fsp3) is 0.579. The van der Waals surface area contributed by atoms with E-state index in [0.717, 1.165) is 30.6 Å². The van der Waals surface area contributed by atoms with E-state index in [4.69, 9.17) is 4.74 Å². The maximum atomic E-state index is 12.7. The fourth-order valence-electron chi connectivity index (χ4n) is 3.74. The average Bonchev–Trinajstić information content (AvgIpc) is 2.63. The van der Waals surface area contributed by atoms with Gasteiger partial charge in [-0.3, -0.25) is 9.69 Å². The van der Waals surface area contributed by atoms with Crippen LogP contribution in [0, 0.1) is 6.92 Å². The summed E-state index contributed by atoms with van der Waals surface area (Å²) in [5.74, 6) is -1.01. The molecule has 2 aliphatic rings. The van der Waals surface area contributed by atoms with E-state index < -0.39 is 12.0 Å². The van der Waals surface area contributed by atoms with Crippen LogP contribution in [0.25, 0.3) is 0 Å². The molecule has 0 spiro atoms. The van der Waals surface area contributed by atoms with Gasteiger partial charge in [-0.15, -0.1) is 0 Å². The molecule has 1 aromatic rings. The van der Waals surface area contributed by atoms with Crippen molar-refractivity contribution in [2.75, 3.05) is 32.8 Å². The van der Waals surface area contributed by atoms with Gasteiger partial charge in [0, 0.05) is 25.7 Å². The minimum atomic E-state index is -0.907. The highest BCUT2D eigenvalue weighted by molar-refractivity contribution is 5.85. The first-order chi connectivity index (χ1) is 12.0. The third kappa shape index (κ3) is 4.38. The first-order valence-electron chi connectivity index (χ1n) is 8.94. The summed E-state index contributed by atoms with van der Waals surface area (Å²) in [6.45, 7) is 5.59. The lowest BCUT2D eigenvalue weighted by Gasteiger charge is -2.43. The Bertz CT molecular complexity index is 610. The van der Waals surface area contributed by atoms with Crippen molar-refractivity contribution in [2.24, 2.45) is 0 Å². The van der Waals surface area contributed by atoms with Crippen molar-refractivity contribution in [1.29, 1.82) is 0 Å². The average molecular weight is 346 g/mol. The number of piperidine rings is 1. The normalized spacial score (nSPS) is 24.9. The molecule has 0 aromatic heterocycles. The summed E-state index contributed by atoms with van der Waals surface area (Å²) in [6, 6.07) is 7.30. The highest BCUT2D eigenvalue weighted by Crippen LogP contribution is 2.24. The molecule has 6 heteroatoms. The third-order valence-corrected chi connectivity index (χ3v) is 5.22. The second kappa shape index (κ2) is 7.97. The second-order valence-corrected chi connectivity index (χ2v) is 6.93. The first kappa shape index (κ1) is 17.9. The Labute approximate surface area is 148 Å². The molecule has 1 amide bonds. The quantitative estimate of drug-likeness (QED) is 0.890.